The summed E-state index contributed by atoms with van der Waals surface area (Å²) in [4.78, 5) is 55.2. The summed E-state index contributed by atoms with van der Waals surface area (Å²) in [6, 6.07) is 9.54. The predicted molar refractivity (Wildman–Crippen MR) is 200 cm³/mol. The molecular weight excluding hydrogens is 660 g/mol. The maximum absolute atomic E-state index is 13.3. The Hall–Kier alpha value is -4.68. The van der Waals surface area contributed by atoms with E-state index in [-0.39, 0.29) is 29.0 Å². The molecule has 3 fully saturated rings. The van der Waals surface area contributed by atoms with Crippen molar-refractivity contribution in [3.63, 3.8) is 0 Å². The molecule has 1 unspecified atom stereocenters. The van der Waals surface area contributed by atoms with Gasteiger partial charge in [0.2, 0.25) is 11.8 Å². The van der Waals surface area contributed by atoms with E-state index in [0.717, 1.165) is 109 Å². The number of nitrogens with zero attached hydrogens (tertiary/aromatic N) is 5. The molecule has 276 valence electrons. The van der Waals surface area contributed by atoms with E-state index in [9.17, 15) is 19.2 Å². The number of likely N-dealkylation sites (tertiary alicyclic amines) is 2. The number of hydrogen-bond acceptors (Lipinski definition) is 8. The quantitative estimate of drug-likeness (QED) is 0.271. The first-order valence-corrected chi connectivity index (χ1v) is 18.3. The van der Waals surface area contributed by atoms with E-state index < -0.39 is 11.9 Å². The topological polar surface area (TPSA) is 120 Å². The number of carbonyl (C=O) groups is 2. The molecule has 3 saturated heterocycles. The Bertz CT molecular complexity index is 2150. The molecule has 1 atom stereocenters. The minimum atomic E-state index is -0.685. The molecule has 0 saturated carbocycles. The second kappa shape index (κ2) is 14.0. The van der Waals surface area contributed by atoms with E-state index in [4.69, 9.17) is 9.47 Å². The fourth-order valence-electron chi connectivity index (χ4n) is 8.82. The molecule has 7 rings (SSSR count). The maximum Gasteiger partial charge on any atom is 0.329 e. The van der Waals surface area contributed by atoms with Crippen LogP contribution in [0.25, 0.3) is 22.2 Å². The van der Waals surface area contributed by atoms with Crippen LogP contribution in [0.5, 0.6) is 11.5 Å². The molecule has 52 heavy (non-hydrogen) atoms. The monoisotopic (exact) mass is 710 g/mol. The van der Waals surface area contributed by atoms with Gasteiger partial charge >= 0.3 is 5.69 Å². The van der Waals surface area contributed by atoms with E-state index in [1.54, 1.807) is 42.0 Å². The largest absolute Gasteiger partial charge is 0.496 e. The van der Waals surface area contributed by atoms with Gasteiger partial charge in [0.1, 0.15) is 17.5 Å². The third-order valence-corrected chi connectivity index (χ3v) is 12.0. The van der Waals surface area contributed by atoms with Crippen LogP contribution in [0.15, 0.2) is 46.1 Å². The summed E-state index contributed by atoms with van der Waals surface area (Å²) in [7, 11) is 6.93. The van der Waals surface area contributed by atoms with Gasteiger partial charge in [-0.3, -0.25) is 38.6 Å². The van der Waals surface area contributed by atoms with Crippen LogP contribution < -0.4 is 26.0 Å². The van der Waals surface area contributed by atoms with Crippen LogP contribution in [-0.4, -0.2) is 75.7 Å². The number of imide groups is 1. The number of fused-ring (bicyclic) bond motifs is 1. The van der Waals surface area contributed by atoms with Gasteiger partial charge in [-0.1, -0.05) is 6.07 Å². The third kappa shape index (κ3) is 6.47. The highest BCUT2D eigenvalue weighted by Crippen LogP contribution is 2.42. The second-order valence-electron chi connectivity index (χ2n) is 15.2. The number of pyridine rings is 1. The molecule has 12 heteroatoms. The highest BCUT2D eigenvalue weighted by Gasteiger charge is 2.39. The molecule has 12 nitrogen and oxygen atoms in total. The molecule has 2 aromatic heterocycles. The first-order chi connectivity index (χ1) is 24.9. The summed E-state index contributed by atoms with van der Waals surface area (Å²) in [6.07, 6.45) is 7.04. The van der Waals surface area contributed by atoms with Gasteiger partial charge in [-0.05, 0) is 112 Å². The van der Waals surface area contributed by atoms with Crippen LogP contribution >= 0.6 is 0 Å². The minimum absolute atomic E-state index is 0.00889. The lowest BCUT2D eigenvalue weighted by molar-refractivity contribution is -0.135. The number of piperidine rings is 3. The van der Waals surface area contributed by atoms with Crippen LogP contribution in [-0.2, 0) is 36.8 Å². The zero-order valence-electron chi connectivity index (χ0n) is 31.2. The Morgan fingerprint density at radius 1 is 0.846 bits per heavy atom. The van der Waals surface area contributed by atoms with Gasteiger partial charge in [0.05, 0.1) is 30.8 Å². The number of nitrogens with one attached hydrogen (secondary N) is 1. The molecule has 1 spiro atoms. The Morgan fingerprint density at radius 3 is 2.23 bits per heavy atom. The number of rotatable bonds is 8. The maximum atomic E-state index is 13.3. The fourth-order valence-corrected chi connectivity index (χ4v) is 8.82. The van der Waals surface area contributed by atoms with Crippen molar-refractivity contribution in [1.29, 1.82) is 0 Å². The van der Waals surface area contributed by atoms with Gasteiger partial charge in [0.25, 0.3) is 5.56 Å². The average Bonchev–Trinajstić information content (AvgIpc) is 3.38. The van der Waals surface area contributed by atoms with Crippen molar-refractivity contribution >= 4 is 22.8 Å². The smallest absolute Gasteiger partial charge is 0.329 e. The average molecular weight is 711 g/mol. The summed E-state index contributed by atoms with van der Waals surface area (Å²) >= 11 is 0. The lowest BCUT2D eigenvalue weighted by atomic mass is 9.72. The van der Waals surface area contributed by atoms with Crippen LogP contribution in [0.1, 0.15) is 66.8 Å². The molecule has 1 N–H and O–H groups in total. The Labute approximate surface area is 303 Å². The Kier molecular flexibility index (Phi) is 9.64. The summed E-state index contributed by atoms with van der Waals surface area (Å²) in [5.74, 6) is 0.856. The van der Waals surface area contributed by atoms with Gasteiger partial charge in [0.15, 0.2) is 0 Å². The fraction of sp³-hybridized carbons (Fsp3) is 0.500. The highest BCUT2D eigenvalue weighted by molar-refractivity contribution is 6.00. The standard InChI is InChI=1S/C40H50N6O6/c1-25-26(2)38(49)42(3)22-29(25)28-19-34(51-5)30(35(20-28)52-6)23-44-16-13-40(14-17-44)12-7-15-45(24-40)21-27-8-9-31-33(18-27)43(4)39(50)46(31)32-10-11-36(47)41-37(32)48/h8-9,18-20,22,32H,7,10-17,21,23-24H2,1-6H3,(H,41,47,48). The zero-order chi connectivity index (χ0) is 36.9. The molecule has 0 radical (unpaired) electrons. The number of methoxy groups -OCH3 is 2. The summed E-state index contributed by atoms with van der Waals surface area (Å²) < 4.78 is 16.7. The van der Waals surface area contributed by atoms with Crippen LogP contribution in [0, 0.1) is 19.3 Å². The summed E-state index contributed by atoms with van der Waals surface area (Å²) in [6.45, 7) is 9.44. The summed E-state index contributed by atoms with van der Waals surface area (Å²) in [5, 5.41) is 2.38. The number of aryl methyl sites for hydroxylation is 2. The van der Waals surface area contributed by atoms with Crippen molar-refractivity contribution in [1.82, 2.24) is 28.8 Å². The normalized spacial score (nSPS) is 19.7. The predicted octanol–water partition coefficient (Wildman–Crippen LogP) is 4.20. The number of hydrogen-bond donors (Lipinski definition) is 1. The summed E-state index contributed by atoms with van der Waals surface area (Å²) in [5.41, 5.74) is 7.35. The number of ether oxygens (including phenoxy) is 2. The molecule has 0 bridgehead atoms. The minimum Gasteiger partial charge on any atom is -0.496 e. The molecule has 5 heterocycles. The third-order valence-electron chi connectivity index (χ3n) is 12.0. The zero-order valence-corrected chi connectivity index (χ0v) is 31.2. The lowest BCUT2D eigenvalue weighted by Gasteiger charge is -2.48. The van der Waals surface area contributed by atoms with E-state index in [1.165, 1.54) is 6.42 Å². The Balaban J connectivity index is 1.03. The van der Waals surface area contributed by atoms with E-state index in [0.29, 0.717) is 11.9 Å². The highest BCUT2D eigenvalue weighted by atomic mass is 16.5. The number of amides is 2. The van der Waals surface area contributed by atoms with Gasteiger partial charge in [-0.25, -0.2) is 4.79 Å². The molecule has 4 aromatic rings. The van der Waals surface area contributed by atoms with Gasteiger partial charge in [0, 0.05) is 57.5 Å². The number of imidazole rings is 1. The van der Waals surface area contributed by atoms with Crippen molar-refractivity contribution < 1.29 is 19.1 Å². The number of aromatic nitrogens is 3. The molecule has 3 aliphatic rings. The SMILES string of the molecule is COc1cc(-c2cn(C)c(=O)c(C)c2C)cc(OC)c1CN1CCC2(CCCN(Cc3ccc4c(c3)n(C)c(=O)n4C3CCC(=O)NC3=O)C2)CC1. The van der Waals surface area contributed by atoms with Crippen LogP contribution in [0.4, 0.5) is 0 Å². The molecule has 2 aromatic carbocycles. The number of benzene rings is 2. The van der Waals surface area contributed by atoms with E-state index in [2.05, 4.69) is 39.4 Å². The van der Waals surface area contributed by atoms with Crippen LogP contribution in [0.2, 0.25) is 0 Å². The van der Waals surface area contributed by atoms with Crippen molar-refractivity contribution in [3.05, 3.63) is 79.6 Å². The van der Waals surface area contributed by atoms with Gasteiger partial charge < -0.3 is 14.0 Å². The van der Waals surface area contributed by atoms with E-state index in [1.807, 2.05) is 26.1 Å². The van der Waals surface area contributed by atoms with Crippen molar-refractivity contribution in [2.24, 2.45) is 19.5 Å². The lowest BCUT2D eigenvalue weighted by Crippen LogP contribution is -2.49. The molecular formula is C40H50N6O6. The molecule has 3 aliphatic heterocycles. The molecule has 2 amide bonds. The van der Waals surface area contributed by atoms with Crippen molar-refractivity contribution in [3.8, 4) is 22.6 Å². The van der Waals surface area contributed by atoms with Crippen LogP contribution in [0.3, 0.4) is 0 Å². The Morgan fingerprint density at radius 2 is 1.56 bits per heavy atom. The number of carbonyl (C=O) groups excluding carboxylic acids is 2. The van der Waals surface area contributed by atoms with Gasteiger partial charge in [-0.15, -0.1) is 0 Å². The van der Waals surface area contributed by atoms with Crippen molar-refractivity contribution in [2.45, 2.75) is 71.5 Å². The molecule has 0 aliphatic carbocycles. The first-order valence-electron chi connectivity index (χ1n) is 18.3. The van der Waals surface area contributed by atoms with E-state index >= 15 is 0 Å². The van der Waals surface area contributed by atoms with Gasteiger partial charge in [-0.2, -0.15) is 0 Å². The van der Waals surface area contributed by atoms with Crippen molar-refractivity contribution in [2.75, 3.05) is 40.4 Å². The second-order valence-corrected chi connectivity index (χ2v) is 15.2. The first kappa shape index (κ1) is 35.7.